The molecule has 0 saturated carbocycles. The predicted octanol–water partition coefficient (Wildman–Crippen LogP) is 2.90. The van der Waals surface area contributed by atoms with Gasteiger partial charge in [-0.25, -0.2) is 0 Å². The third-order valence-corrected chi connectivity index (χ3v) is 2.07. The molecule has 1 aromatic heterocycles. The highest BCUT2D eigenvalue weighted by molar-refractivity contribution is 6.31. The minimum absolute atomic E-state index is 0.640. The van der Waals surface area contributed by atoms with Crippen LogP contribution in [0, 0.1) is 0 Å². The molecule has 0 N–H and O–H groups in total. The van der Waals surface area contributed by atoms with Gasteiger partial charge in [-0.1, -0.05) is 23.7 Å². The zero-order chi connectivity index (χ0) is 9.26. The van der Waals surface area contributed by atoms with E-state index in [9.17, 15) is 0 Å². The van der Waals surface area contributed by atoms with Gasteiger partial charge in [-0.2, -0.15) is 0 Å². The van der Waals surface area contributed by atoms with Gasteiger partial charge >= 0.3 is 0 Å². The minimum Gasteiger partial charge on any atom is -0.494 e. The summed E-state index contributed by atoms with van der Waals surface area (Å²) in [7, 11) is 1.63. The topological polar surface area (TPSA) is 22.1 Å². The van der Waals surface area contributed by atoms with E-state index in [4.69, 9.17) is 16.3 Å². The van der Waals surface area contributed by atoms with E-state index in [1.165, 1.54) is 0 Å². The third-order valence-electron chi connectivity index (χ3n) is 1.86. The van der Waals surface area contributed by atoms with Crippen molar-refractivity contribution in [2.45, 2.75) is 0 Å². The number of para-hydroxylation sites is 1. The predicted molar refractivity (Wildman–Crippen MR) is 53.3 cm³/mol. The van der Waals surface area contributed by atoms with Crippen LogP contribution in [0.5, 0.6) is 5.75 Å². The average Bonchev–Trinajstić information content (AvgIpc) is 2.16. The highest BCUT2D eigenvalue weighted by atomic mass is 35.5. The summed E-state index contributed by atoms with van der Waals surface area (Å²) in [5, 5.41) is 1.63. The Kier molecular flexibility index (Phi) is 2.07. The molecule has 0 aliphatic rings. The summed E-state index contributed by atoms with van der Waals surface area (Å²) in [6, 6.07) is 7.62. The molecule has 0 fully saturated rings. The van der Waals surface area contributed by atoms with Crippen LogP contribution in [0.3, 0.4) is 0 Å². The first-order chi connectivity index (χ1) is 6.31. The van der Waals surface area contributed by atoms with Gasteiger partial charge in [0, 0.05) is 11.6 Å². The number of nitrogens with zero attached hydrogens (tertiary/aromatic N) is 1. The van der Waals surface area contributed by atoms with Crippen LogP contribution < -0.4 is 4.74 Å². The van der Waals surface area contributed by atoms with Gasteiger partial charge < -0.3 is 4.74 Å². The summed E-state index contributed by atoms with van der Waals surface area (Å²) in [5.41, 5.74) is 0.842. The Labute approximate surface area is 81.1 Å². The molecule has 3 heteroatoms. The van der Waals surface area contributed by atoms with Gasteiger partial charge in [-0.05, 0) is 12.1 Å². The quantitative estimate of drug-likeness (QED) is 0.695. The molecule has 2 aromatic rings. The number of aromatic nitrogens is 1. The fourth-order valence-electron chi connectivity index (χ4n) is 1.27. The number of halogens is 1. The van der Waals surface area contributed by atoms with Gasteiger partial charge in [-0.15, -0.1) is 0 Å². The van der Waals surface area contributed by atoms with Gasteiger partial charge in [0.2, 0.25) is 0 Å². The number of pyridine rings is 1. The van der Waals surface area contributed by atoms with Crippen LogP contribution in [0.15, 0.2) is 30.5 Å². The summed E-state index contributed by atoms with van der Waals surface area (Å²) in [6.07, 6.45) is 1.62. The molecule has 0 aliphatic carbocycles. The van der Waals surface area contributed by atoms with Crippen molar-refractivity contribution in [1.82, 2.24) is 4.98 Å². The van der Waals surface area contributed by atoms with Crippen molar-refractivity contribution in [3.63, 3.8) is 0 Å². The maximum absolute atomic E-state index is 5.81. The van der Waals surface area contributed by atoms with Crippen LogP contribution in [0.4, 0.5) is 0 Å². The first-order valence-electron chi connectivity index (χ1n) is 3.89. The molecule has 66 valence electrons. The Balaban J connectivity index is 2.77. The van der Waals surface area contributed by atoms with E-state index in [1.54, 1.807) is 13.3 Å². The van der Waals surface area contributed by atoms with Gasteiger partial charge in [0.25, 0.3) is 0 Å². The normalized spacial score (nSPS) is 10.3. The Morgan fingerprint density at radius 3 is 3.00 bits per heavy atom. The lowest BCUT2D eigenvalue weighted by Crippen LogP contribution is -1.86. The number of hydrogen-bond donors (Lipinski definition) is 0. The lowest BCUT2D eigenvalue weighted by molar-refractivity contribution is 0.419. The van der Waals surface area contributed by atoms with Gasteiger partial charge in [0.1, 0.15) is 11.3 Å². The molecule has 13 heavy (non-hydrogen) atoms. The van der Waals surface area contributed by atoms with E-state index in [0.717, 1.165) is 16.7 Å². The highest BCUT2D eigenvalue weighted by Crippen LogP contribution is 2.24. The third kappa shape index (κ3) is 1.45. The molecule has 0 unspecified atom stereocenters. The van der Waals surface area contributed by atoms with Crippen molar-refractivity contribution >= 4 is 22.5 Å². The van der Waals surface area contributed by atoms with Crippen LogP contribution >= 0.6 is 11.6 Å². The van der Waals surface area contributed by atoms with Crippen molar-refractivity contribution in [1.29, 1.82) is 0 Å². The number of ether oxygens (including phenoxy) is 1. The summed E-state index contributed by atoms with van der Waals surface area (Å²) in [6.45, 7) is 0. The van der Waals surface area contributed by atoms with E-state index in [0.29, 0.717) is 5.02 Å². The molecule has 0 amide bonds. The zero-order valence-corrected chi connectivity index (χ0v) is 7.88. The highest BCUT2D eigenvalue weighted by Gasteiger charge is 2.01. The maximum atomic E-state index is 5.81. The lowest BCUT2D eigenvalue weighted by atomic mass is 10.2. The summed E-state index contributed by atoms with van der Waals surface area (Å²) >= 11 is 5.81. The molecule has 0 bridgehead atoms. The molecular formula is C10H8ClNO. The van der Waals surface area contributed by atoms with Crippen molar-refractivity contribution in [2.24, 2.45) is 0 Å². The molecule has 0 saturated heterocycles. The fourth-order valence-corrected chi connectivity index (χ4v) is 1.44. The first kappa shape index (κ1) is 8.32. The minimum atomic E-state index is 0.640. The molecule has 2 rings (SSSR count). The van der Waals surface area contributed by atoms with Crippen molar-refractivity contribution in [2.75, 3.05) is 7.11 Å². The van der Waals surface area contributed by atoms with Crippen LogP contribution in [0.1, 0.15) is 0 Å². The maximum Gasteiger partial charge on any atom is 0.145 e. The second kappa shape index (κ2) is 3.23. The van der Waals surface area contributed by atoms with Crippen LogP contribution in [0.25, 0.3) is 10.9 Å². The Morgan fingerprint density at radius 2 is 2.23 bits per heavy atom. The second-order valence-corrected chi connectivity index (χ2v) is 3.12. The van der Waals surface area contributed by atoms with Gasteiger partial charge in [-0.3, -0.25) is 4.98 Å². The van der Waals surface area contributed by atoms with E-state index < -0.39 is 0 Å². The first-order valence-corrected chi connectivity index (χ1v) is 4.27. The molecule has 0 radical (unpaired) electrons. The number of methoxy groups -OCH3 is 1. The van der Waals surface area contributed by atoms with E-state index >= 15 is 0 Å². The molecule has 1 heterocycles. The average molecular weight is 194 g/mol. The zero-order valence-electron chi connectivity index (χ0n) is 7.12. The van der Waals surface area contributed by atoms with Crippen LogP contribution in [0.2, 0.25) is 5.02 Å². The largest absolute Gasteiger partial charge is 0.494 e. The van der Waals surface area contributed by atoms with Crippen molar-refractivity contribution in [3.8, 4) is 5.75 Å². The van der Waals surface area contributed by atoms with E-state index in [2.05, 4.69) is 4.98 Å². The van der Waals surface area contributed by atoms with E-state index in [-0.39, 0.29) is 0 Å². The molecule has 2 nitrogen and oxygen atoms in total. The molecular weight excluding hydrogens is 186 g/mol. The number of benzene rings is 1. The van der Waals surface area contributed by atoms with Gasteiger partial charge in [0.05, 0.1) is 12.1 Å². The standard InChI is InChI=1S/C10H8ClNO/c1-13-9-4-2-3-7-5-8(11)6-12-10(7)9/h2-6H,1H3. The summed E-state index contributed by atoms with van der Waals surface area (Å²) in [4.78, 5) is 4.19. The molecule has 0 atom stereocenters. The van der Waals surface area contributed by atoms with Crippen molar-refractivity contribution < 1.29 is 4.74 Å². The Hall–Kier alpha value is -1.28. The fraction of sp³-hybridized carbons (Fsp3) is 0.100. The summed E-state index contributed by atoms with van der Waals surface area (Å²) in [5.74, 6) is 0.772. The number of hydrogen-bond acceptors (Lipinski definition) is 2. The second-order valence-electron chi connectivity index (χ2n) is 2.69. The Morgan fingerprint density at radius 1 is 1.38 bits per heavy atom. The van der Waals surface area contributed by atoms with Crippen molar-refractivity contribution in [3.05, 3.63) is 35.5 Å². The smallest absolute Gasteiger partial charge is 0.145 e. The number of fused-ring (bicyclic) bond motifs is 1. The van der Waals surface area contributed by atoms with Gasteiger partial charge in [0.15, 0.2) is 0 Å². The Bertz CT molecular complexity index is 442. The lowest BCUT2D eigenvalue weighted by Gasteiger charge is -2.03. The molecule has 1 aromatic carbocycles. The van der Waals surface area contributed by atoms with E-state index in [1.807, 2.05) is 24.3 Å². The molecule has 0 spiro atoms. The SMILES string of the molecule is COc1cccc2cc(Cl)cnc12. The van der Waals surface area contributed by atoms with Crippen LogP contribution in [-0.2, 0) is 0 Å². The molecule has 0 aliphatic heterocycles. The monoisotopic (exact) mass is 193 g/mol. The summed E-state index contributed by atoms with van der Waals surface area (Å²) < 4.78 is 5.16. The van der Waals surface area contributed by atoms with Crippen LogP contribution in [-0.4, -0.2) is 12.1 Å². The number of rotatable bonds is 1.